The van der Waals surface area contributed by atoms with Crippen LogP contribution in [-0.2, 0) is 0 Å². The number of hydrogen-bond acceptors (Lipinski definition) is 9. The zero-order valence-corrected chi connectivity index (χ0v) is 21.8. The Kier molecular flexibility index (Phi) is 6.02. The number of phenolic OH excluding ortho intramolecular Hbond substituents is 1. The van der Waals surface area contributed by atoms with Crippen LogP contribution in [0.5, 0.6) is 5.75 Å². The number of fused-ring (bicyclic) bond motifs is 4. The number of para-hydroxylation sites is 1. The minimum absolute atomic E-state index is 0.103. The van der Waals surface area contributed by atoms with Crippen molar-refractivity contribution in [1.29, 1.82) is 0 Å². The van der Waals surface area contributed by atoms with Gasteiger partial charge < -0.3 is 25.7 Å². The van der Waals surface area contributed by atoms with Crippen molar-refractivity contribution in [2.75, 3.05) is 48.3 Å². The summed E-state index contributed by atoms with van der Waals surface area (Å²) < 4.78 is 0. The first kappa shape index (κ1) is 24.2. The zero-order chi connectivity index (χ0) is 26.5. The Hall–Kier alpha value is -3.87. The lowest BCUT2D eigenvalue weighted by molar-refractivity contribution is -0.104. The van der Waals surface area contributed by atoms with Crippen LogP contribution in [0.3, 0.4) is 0 Å². The second-order valence-electron chi connectivity index (χ2n) is 11.4. The van der Waals surface area contributed by atoms with Gasteiger partial charge in [0.2, 0.25) is 0 Å². The Bertz CT molecular complexity index is 1430. The summed E-state index contributed by atoms with van der Waals surface area (Å²) in [5, 5.41) is 28.8. The van der Waals surface area contributed by atoms with Gasteiger partial charge in [-0.3, -0.25) is 4.90 Å². The molecule has 8 rings (SSSR count). The van der Waals surface area contributed by atoms with Gasteiger partial charge in [0.15, 0.2) is 5.82 Å². The molecule has 4 saturated heterocycles. The van der Waals surface area contributed by atoms with E-state index >= 15 is 0 Å². The number of aliphatic hydroxyl groups excluding tert-OH is 1. The van der Waals surface area contributed by atoms with Crippen LogP contribution in [0.15, 0.2) is 48.7 Å². The number of nitrogen functional groups attached to an aromatic ring is 1. The molecule has 4 N–H and O–H groups in total. The van der Waals surface area contributed by atoms with Crippen molar-refractivity contribution >= 4 is 17.2 Å². The second kappa shape index (κ2) is 9.70. The fourth-order valence-electron chi connectivity index (χ4n) is 6.97. The average molecular weight is 524 g/mol. The number of hydrogen-bond donors (Lipinski definition) is 3. The molecule has 1 aromatic carbocycles. The Morgan fingerprint density at radius 3 is 2.49 bits per heavy atom. The standard InChI is InChI=1S/C30H33N7O2/c31-30-27(14-26(33-34-30)25-5-1-2-6-28(25)38)36-17-23-7-8-24(18-36)37(23)22-9-10-32-21(13-22)4-3-11-35-15-19-12-20(16-35)29(19)39/h1-2,5-6,9-10,13-14,19-20,23-24,29,38-39H,7-8,11-12,15-18H2,(H2,31,34). The summed E-state index contributed by atoms with van der Waals surface area (Å²) in [7, 11) is 0. The minimum atomic E-state index is -0.103. The van der Waals surface area contributed by atoms with Gasteiger partial charge in [-0.2, -0.15) is 0 Å². The fraction of sp³-hybridized carbons (Fsp3) is 0.433. The number of aliphatic hydroxyl groups is 1. The molecule has 6 heterocycles. The van der Waals surface area contributed by atoms with E-state index in [1.54, 1.807) is 12.1 Å². The summed E-state index contributed by atoms with van der Waals surface area (Å²) in [6.45, 7) is 4.27. The number of piperidine rings is 2. The average Bonchev–Trinajstić information content (AvgIpc) is 3.23. The number of phenols is 1. The highest BCUT2D eigenvalue weighted by Gasteiger charge is 2.45. The van der Waals surface area contributed by atoms with Crippen molar-refractivity contribution < 1.29 is 10.2 Å². The van der Waals surface area contributed by atoms with Crippen LogP contribution in [0.2, 0.25) is 0 Å². The second-order valence-corrected chi connectivity index (χ2v) is 11.4. The van der Waals surface area contributed by atoms with Gasteiger partial charge in [0.25, 0.3) is 0 Å². The molecule has 1 saturated carbocycles. The maximum Gasteiger partial charge on any atom is 0.169 e. The van der Waals surface area contributed by atoms with Crippen LogP contribution in [0.4, 0.5) is 17.2 Å². The normalized spacial score (nSPS) is 27.6. The minimum Gasteiger partial charge on any atom is -0.507 e. The predicted octanol–water partition coefficient (Wildman–Crippen LogP) is 2.35. The van der Waals surface area contributed by atoms with E-state index in [2.05, 4.69) is 53.9 Å². The number of anilines is 3. The van der Waals surface area contributed by atoms with Gasteiger partial charge in [0.05, 0.1) is 24.0 Å². The van der Waals surface area contributed by atoms with E-state index in [1.165, 1.54) is 5.69 Å². The third-order valence-electron chi connectivity index (χ3n) is 8.92. The Labute approximate surface area is 228 Å². The maximum absolute atomic E-state index is 10.3. The lowest BCUT2D eigenvalue weighted by Crippen LogP contribution is -2.58. The van der Waals surface area contributed by atoms with Crippen molar-refractivity contribution in [1.82, 2.24) is 20.1 Å². The molecule has 4 atom stereocenters. The van der Waals surface area contributed by atoms with E-state index in [0.717, 1.165) is 63.4 Å². The van der Waals surface area contributed by atoms with Crippen LogP contribution in [0, 0.1) is 23.7 Å². The van der Waals surface area contributed by atoms with Crippen molar-refractivity contribution in [3.63, 3.8) is 0 Å². The molecular formula is C30H33N7O2. The molecule has 200 valence electrons. The summed E-state index contributed by atoms with van der Waals surface area (Å²) in [4.78, 5) is 11.7. The molecule has 3 aromatic rings. The first-order valence-corrected chi connectivity index (χ1v) is 13.8. The van der Waals surface area contributed by atoms with E-state index in [9.17, 15) is 10.2 Å². The molecular weight excluding hydrogens is 490 g/mol. The van der Waals surface area contributed by atoms with Crippen molar-refractivity contribution in [2.45, 2.75) is 37.5 Å². The lowest BCUT2D eigenvalue weighted by atomic mass is 9.68. The van der Waals surface area contributed by atoms with Crippen molar-refractivity contribution in [3.05, 3.63) is 54.4 Å². The van der Waals surface area contributed by atoms with E-state index in [-0.39, 0.29) is 11.9 Å². The molecule has 0 radical (unpaired) electrons. The number of nitrogens with two attached hydrogens (primary N) is 1. The summed E-state index contributed by atoms with van der Waals surface area (Å²) >= 11 is 0. The molecule has 0 spiro atoms. The molecule has 39 heavy (non-hydrogen) atoms. The van der Waals surface area contributed by atoms with Gasteiger partial charge in [-0.25, -0.2) is 4.98 Å². The zero-order valence-electron chi connectivity index (χ0n) is 21.8. The third kappa shape index (κ3) is 4.44. The predicted molar refractivity (Wildman–Crippen MR) is 150 cm³/mol. The van der Waals surface area contributed by atoms with E-state index in [4.69, 9.17) is 5.73 Å². The van der Waals surface area contributed by atoms with Gasteiger partial charge in [-0.1, -0.05) is 18.1 Å². The van der Waals surface area contributed by atoms with Crippen LogP contribution in [0.25, 0.3) is 11.3 Å². The summed E-state index contributed by atoms with van der Waals surface area (Å²) in [6.07, 6.45) is 5.14. The largest absolute Gasteiger partial charge is 0.507 e. The number of pyridine rings is 1. The molecule has 4 unspecified atom stereocenters. The third-order valence-corrected chi connectivity index (χ3v) is 8.92. The number of aromatic hydroxyl groups is 1. The topological polar surface area (TPSA) is 115 Å². The SMILES string of the molecule is Nc1nnc(-c2ccccc2O)cc1N1CC2CCC(C1)N2c1ccnc(C#CCN2CC3CC(C2)C3O)c1. The van der Waals surface area contributed by atoms with Crippen LogP contribution >= 0.6 is 0 Å². The Morgan fingerprint density at radius 2 is 1.74 bits per heavy atom. The Balaban J connectivity index is 1.06. The molecule has 9 heteroatoms. The molecule has 4 bridgehead atoms. The van der Waals surface area contributed by atoms with Gasteiger partial charge in [-0.05, 0) is 67.4 Å². The van der Waals surface area contributed by atoms with Crippen LogP contribution < -0.4 is 15.5 Å². The van der Waals surface area contributed by atoms with Gasteiger partial charge in [-0.15, -0.1) is 10.2 Å². The number of rotatable bonds is 4. The number of aromatic nitrogens is 3. The maximum atomic E-state index is 10.3. The quantitative estimate of drug-likeness (QED) is 0.443. The lowest BCUT2D eigenvalue weighted by Gasteiger charge is -2.50. The molecule has 2 aromatic heterocycles. The highest BCUT2D eigenvalue weighted by atomic mass is 16.3. The first-order valence-electron chi connectivity index (χ1n) is 13.8. The van der Waals surface area contributed by atoms with Crippen LogP contribution in [-0.4, -0.2) is 81.2 Å². The molecule has 0 amide bonds. The van der Waals surface area contributed by atoms with E-state index < -0.39 is 0 Å². The molecule has 4 aliphatic heterocycles. The van der Waals surface area contributed by atoms with Crippen molar-refractivity contribution in [3.8, 4) is 28.8 Å². The molecule has 9 nitrogen and oxygen atoms in total. The monoisotopic (exact) mass is 523 g/mol. The summed E-state index contributed by atoms with van der Waals surface area (Å²) in [5.74, 6) is 8.03. The van der Waals surface area contributed by atoms with E-state index in [0.29, 0.717) is 41.0 Å². The van der Waals surface area contributed by atoms with Gasteiger partial charge >= 0.3 is 0 Å². The first-order chi connectivity index (χ1) is 19.0. The summed E-state index contributed by atoms with van der Waals surface area (Å²) in [6, 6.07) is 14.0. The highest BCUT2D eigenvalue weighted by Crippen LogP contribution is 2.40. The van der Waals surface area contributed by atoms with Gasteiger partial charge in [0.1, 0.15) is 11.4 Å². The molecule has 1 aliphatic carbocycles. The fourth-order valence-corrected chi connectivity index (χ4v) is 6.97. The molecule has 5 aliphatic rings. The van der Waals surface area contributed by atoms with Crippen molar-refractivity contribution in [2.24, 2.45) is 11.8 Å². The van der Waals surface area contributed by atoms with E-state index in [1.807, 2.05) is 24.4 Å². The van der Waals surface area contributed by atoms with Gasteiger partial charge in [0, 0.05) is 55.7 Å². The molecule has 5 fully saturated rings. The summed E-state index contributed by atoms with van der Waals surface area (Å²) in [5.41, 5.74) is 10.4. The number of piperazine rings is 1. The highest BCUT2D eigenvalue weighted by molar-refractivity contribution is 5.74. The Morgan fingerprint density at radius 1 is 0.974 bits per heavy atom. The smallest absolute Gasteiger partial charge is 0.169 e. The number of benzene rings is 1. The number of nitrogens with zero attached hydrogens (tertiary/aromatic N) is 6. The van der Waals surface area contributed by atoms with Crippen LogP contribution in [0.1, 0.15) is 25.0 Å².